The van der Waals surface area contributed by atoms with Crippen molar-refractivity contribution in [3.8, 4) is 0 Å². The maximum atomic E-state index is 13.8. The van der Waals surface area contributed by atoms with E-state index in [4.69, 9.17) is 0 Å². The first-order chi connectivity index (χ1) is 6.90. The molecule has 0 aliphatic rings. The molecule has 15 heavy (non-hydrogen) atoms. The number of benzene rings is 1. The molecular formula is C11H12Br2F2. The van der Waals surface area contributed by atoms with Crippen LogP contribution in [-0.4, -0.2) is 5.33 Å². The monoisotopic (exact) mass is 340 g/mol. The van der Waals surface area contributed by atoms with E-state index in [-0.39, 0.29) is 9.89 Å². The van der Waals surface area contributed by atoms with Crippen LogP contribution >= 0.6 is 31.9 Å². The predicted molar refractivity (Wildman–Crippen MR) is 65.5 cm³/mol. The molecule has 0 atom stereocenters. The van der Waals surface area contributed by atoms with Gasteiger partial charge in [0.15, 0.2) is 0 Å². The Morgan fingerprint density at radius 1 is 1.27 bits per heavy atom. The first-order valence-corrected chi connectivity index (χ1v) is 6.51. The maximum absolute atomic E-state index is 13.8. The number of halogens is 4. The van der Waals surface area contributed by atoms with Gasteiger partial charge in [-0.05, 0) is 39.4 Å². The van der Waals surface area contributed by atoms with Crippen molar-refractivity contribution in [2.24, 2.45) is 0 Å². The summed E-state index contributed by atoms with van der Waals surface area (Å²) in [5.41, 5.74) is 0.235. The van der Waals surface area contributed by atoms with E-state index < -0.39 is 11.6 Å². The molecule has 0 amide bonds. The van der Waals surface area contributed by atoms with Crippen LogP contribution in [0.25, 0.3) is 0 Å². The molecule has 1 aromatic rings. The molecule has 84 valence electrons. The minimum atomic E-state index is -0.564. The van der Waals surface area contributed by atoms with Gasteiger partial charge in [-0.2, -0.15) is 0 Å². The molecular weight excluding hydrogens is 330 g/mol. The fourth-order valence-corrected chi connectivity index (χ4v) is 2.76. The fourth-order valence-electron chi connectivity index (χ4n) is 1.42. The zero-order valence-corrected chi connectivity index (χ0v) is 11.8. The molecule has 0 unspecified atom stereocenters. The van der Waals surface area contributed by atoms with E-state index in [1.165, 1.54) is 12.1 Å². The minimum Gasteiger partial charge on any atom is -0.206 e. The topological polar surface area (TPSA) is 0 Å². The summed E-state index contributed by atoms with van der Waals surface area (Å²) >= 11 is 6.24. The highest BCUT2D eigenvalue weighted by atomic mass is 79.9. The highest BCUT2D eigenvalue weighted by Gasteiger charge is 2.25. The second-order valence-electron chi connectivity index (χ2n) is 4.05. The molecule has 0 saturated heterocycles. The van der Waals surface area contributed by atoms with Crippen LogP contribution in [0, 0.1) is 11.6 Å². The smallest absolute Gasteiger partial charge is 0.144 e. The van der Waals surface area contributed by atoms with Crippen molar-refractivity contribution in [1.29, 1.82) is 0 Å². The lowest BCUT2D eigenvalue weighted by Gasteiger charge is -2.25. The van der Waals surface area contributed by atoms with Crippen LogP contribution in [0.2, 0.25) is 0 Å². The molecule has 0 fully saturated rings. The summed E-state index contributed by atoms with van der Waals surface area (Å²) < 4.78 is 26.7. The first kappa shape index (κ1) is 13.1. The number of hydrogen-bond donors (Lipinski definition) is 0. The van der Waals surface area contributed by atoms with Gasteiger partial charge in [-0.3, -0.25) is 0 Å². The van der Waals surface area contributed by atoms with Gasteiger partial charge in [0, 0.05) is 5.33 Å². The molecule has 0 spiro atoms. The van der Waals surface area contributed by atoms with E-state index in [1.807, 2.05) is 13.8 Å². The van der Waals surface area contributed by atoms with E-state index in [9.17, 15) is 8.78 Å². The average Bonchev–Trinajstić information content (AvgIpc) is 2.13. The van der Waals surface area contributed by atoms with Crippen molar-refractivity contribution in [2.45, 2.75) is 25.7 Å². The summed E-state index contributed by atoms with van der Waals surface area (Å²) in [5, 5.41) is 0.786. The van der Waals surface area contributed by atoms with E-state index in [0.29, 0.717) is 5.56 Å². The third-order valence-electron chi connectivity index (χ3n) is 2.48. The lowest BCUT2D eigenvalue weighted by atomic mass is 9.82. The number of hydrogen-bond acceptors (Lipinski definition) is 0. The van der Waals surface area contributed by atoms with Gasteiger partial charge in [0.25, 0.3) is 0 Å². The van der Waals surface area contributed by atoms with Crippen molar-refractivity contribution in [1.82, 2.24) is 0 Å². The molecule has 1 rings (SSSR count). The standard InChI is InChI=1S/C11H12Br2F2/c1-11(2,5-6-12)7-3-4-8(14)9(13)10(7)15/h3-4H,5-6H2,1-2H3. The second-order valence-corrected chi connectivity index (χ2v) is 5.63. The van der Waals surface area contributed by atoms with Gasteiger partial charge in [-0.1, -0.05) is 35.8 Å². The third kappa shape index (κ3) is 2.78. The molecule has 0 N–H and O–H groups in total. The third-order valence-corrected chi connectivity index (χ3v) is 3.61. The highest BCUT2D eigenvalue weighted by Crippen LogP contribution is 2.33. The van der Waals surface area contributed by atoms with Crippen LogP contribution in [0.15, 0.2) is 16.6 Å². The van der Waals surface area contributed by atoms with Gasteiger partial charge < -0.3 is 0 Å². The molecule has 0 bridgehead atoms. The van der Waals surface area contributed by atoms with Crippen molar-refractivity contribution in [2.75, 3.05) is 5.33 Å². The highest BCUT2D eigenvalue weighted by molar-refractivity contribution is 9.10. The molecule has 0 radical (unpaired) electrons. The Labute approximate surface area is 105 Å². The van der Waals surface area contributed by atoms with Crippen LogP contribution in [0.1, 0.15) is 25.8 Å². The maximum Gasteiger partial charge on any atom is 0.144 e. The predicted octanol–water partition coefficient (Wildman–Crippen LogP) is 4.79. The normalized spacial score (nSPS) is 11.9. The Morgan fingerprint density at radius 2 is 1.87 bits per heavy atom. The quantitative estimate of drug-likeness (QED) is 0.547. The largest absolute Gasteiger partial charge is 0.206 e. The van der Waals surface area contributed by atoms with E-state index in [2.05, 4.69) is 31.9 Å². The summed E-state index contributed by atoms with van der Waals surface area (Å²) in [4.78, 5) is 0. The Morgan fingerprint density at radius 3 is 2.40 bits per heavy atom. The lowest BCUT2D eigenvalue weighted by Crippen LogP contribution is -2.20. The van der Waals surface area contributed by atoms with Crippen molar-refractivity contribution in [3.05, 3.63) is 33.8 Å². The van der Waals surface area contributed by atoms with Crippen molar-refractivity contribution < 1.29 is 8.78 Å². The van der Waals surface area contributed by atoms with E-state index in [1.54, 1.807) is 0 Å². The first-order valence-electron chi connectivity index (χ1n) is 4.60. The van der Waals surface area contributed by atoms with Crippen LogP contribution < -0.4 is 0 Å². The zero-order valence-electron chi connectivity index (χ0n) is 8.58. The summed E-state index contributed by atoms with van der Waals surface area (Å²) in [5.74, 6) is -1.06. The molecule has 0 aliphatic heterocycles. The van der Waals surface area contributed by atoms with Crippen LogP contribution in [0.5, 0.6) is 0 Å². The Bertz CT molecular complexity index is 362. The van der Waals surface area contributed by atoms with Crippen molar-refractivity contribution in [3.63, 3.8) is 0 Å². The van der Waals surface area contributed by atoms with Crippen LogP contribution in [0.3, 0.4) is 0 Å². The number of alkyl halides is 1. The van der Waals surface area contributed by atoms with Gasteiger partial charge >= 0.3 is 0 Å². The van der Waals surface area contributed by atoms with Gasteiger partial charge in [-0.25, -0.2) is 8.78 Å². The Kier molecular flexibility index (Phi) is 4.29. The molecule has 0 nitrogen and oxygen atoms in total. The van der Waals surface area contributed by atoms with Crippen LogP contribution in [0.4, 0.5) is 8.78 Å². The molecule has 0 heterocycles. The van der Waals surface area contributed by atoms with Gasteiger partial charge in [0.2, 0.25) is 0 Å². The summed E-state index contributed by atoms with van der Waals surface area (Å²) in [7, 11) is 0. The molecule has 4 heteroatoms. The van der Waals surface area contributed by atoms with Gasteiger partial charge in [-0.15, -0.1) is 0 Å². The second kappa shape index (κ2) is 4.91. The fraction of sp³-hybridized carbons (Fsp3) is 0.455. The van der Waals surface area contributed by atoms with E-state index >= 15 is 0 Å². The molecule has 0 aliphatic carbocycles. The SMILES string of the molecule is CC(C)(CCBr)c1ccc(F)c(Br)c1F. The summed E-state index contributed by atoms with van der Waals surface area (Å²) in [6.07, 6.45) is 0.794. The van der Waals surface area contributed by atoms with Crippen molar-refractivity contribution >= 4 is 31.9 Å². The molecule has 0 aromatic heterocycles. The Hall–Kier alpha value is 0.0400. The Balaban J connectivity index is 3.21. The van der Waals surface area contributed by atoms with Crippen LogP contribution in [-0.2, 0) is 5.41 Å². The average molecular weight is 342 g/mol. The summed E-state index contributed by atoms with van der Waals surface area (Å²) in [6.45, 7) is 3.88. The summed E-state index contributed by atoms with van der Waals surface area (Å²) in [6, 6.07) is 2.80. The lowest BCUT2D eigenvalue weighted by molar-refractivity contribution is 0.464. The zero-order chi connectivity index (χ0) is 11.6. The van der Waals surface area contributed by atoms with Gasteiger partial charge in [0.1, 0.15) is 11.6 Å². The number of rotatable bonds is 3. The minimum absolute atomic E-state index is 0.0809. The van der Waals surface area contributed by atoms with E-state index in [0.717, 1.165) is 11.8 Å². The van der Waals surface area contributed by atoms with Gasteiger partial charge in [0.05, 0.1) is 4.47 Å². The molecule has 1 aromatic carbocycles. The molecule has 0 saturated carbocycles.